The normalized spacial score (nSPS) is 14.0. The standard InChI is InChI=1S/C26H27N3O4/c1-15-12-13-19(16(2)14-15)27-26(31)24-17(3)23-20(9-7-11-22(23)33-24)28-29-25(30)18-8-5-6-10-21(18)32-4/h5-6,8,10,12-14H,7,9,11H2,1-4H3,(H,27,31)(H,29,30)/b28-20+. The highest BCUT2D eigenvalue weighted by Gasteiger charge is 2.28. The maximum absolute atomic E-state index is 13.0. The first-order valence-electron chi connectivity index (χ1n) is 10.9. The molecule has 0 aliphatic heterocycles. The number of anilines is 1. The molecule has 1 aliphatic rings. The number of methoxy groups -OCH3 is 1. The fraction of sp³-hybridized carbons (Fsp3) is 0.269. The number of fused-ring (bicyclic) bond motifs is 1. The van der Waals surface area contributed by atoms with Gasteiger partial charge in [0, 0.05) is 23.2 Å². The van der Waals surface area contributed by atoms with Gasteiger partial charge in [-0.05, 0) is 57.4 Å². The fourth-order valence-electron chi connectivity index (χ4n) is 4.14. The number of benzene rings is 2. The number of nitrogens with zero attached hydrogens (tertiary/aromatic N) is 1. The van der Waals surface area contributed by atoms with E-state index < -0.39 is 0 Å². The van der Waals surface area contributed by atoms with Gasteiger partial charge in [-0.2, -0.15) is 5.10 Å². The Kier molecular flexibility index (Phi) is 6.31. The van der Waals surface area contributed by atoms with Gasteiger partial charge in [0.05, 0.1) is 18.4 Å². The van der Waals surface area contributed by atoms with Gasteiger partial charge in [-0.15, -0.1) is 0 Å². The zero-order valence-electron chi connectivity index (χ0n) is 19.2. The Morgan fingerprint density at radius 1 is 1.03 bits per heavy atom. The van der Waals surface area contributed by atoms with Gasteiger partial charge >= 0.3 is 0 Å². The summed E-state index contributed by atoms with van der Waals surface area (Å²) < 4.78 is 11.2. The molecule has 170 valence electrons. The van der Waals surface area contributed by atoms with E-state index in [2.05, 4.69) is 15.8 Å². The van der Waals surface area contributed by atoms with E-state index in [0.717, 1.165) is 40.1 Å². The van der Waals surface area contributed by atoms with E-state index in [0.29, 0.717) is 29.9 Å². The molecule has 0 spiro atoms. The van der Waals surface area contributed by atoms with Crippen LogP contribution in [0.25, 0.3) is 0 Å². The lowest BCUT2D eigenvalue weighted by Gasteiger charge is -2.14. The molecule has 2 amide bonds. The Labute approximate surface area is 192 Å². The van der Waals surface area contributed by atoms with Crippen molar-refractivity contribution >= 4 is 23.2 Å². The van der Waals surface area contributed by atoms with Gasteiger partial charge in [0.15, 0.2) is 5.76 Å². The third-order valence-electron chi connectivity index (χ3n) is 5.81. The first kappa shape index (κ1) is 22.3. The van der Waals surface area contributed by atoms with Crippen LogP contribution < -0.4 is 15.5 Å². The molecule has 0 unspecified atom stereocenters. The summed E-state index contributed by atoms with van der Waals surface area (Å²) in [6, 6.07) is 12.8. The van der Waals surface area contributed by atoms with Gasteiger partial charge < -0.3 is 14.5 Å². The second-order valence-corrected chi connectivity index (χ2v) is 8.18. The van der Waals surface area contributed by atoms with Gasteiger partial charge in [-0.3, -0.25) is 9.59 Å². The fourth-order valence-corrected chi connectivity index (χ4v) is 4.14. The summed E-state index contributed by atoms with van der Waals surface area (Å²) in [4.78, 5) is 25.6. The number of furan rings is 1. The van der Waals surface area contributed by atoms with Crippen LogP contribution in [-0.2, 0) is 6.42 Å². The smallest absolute Gasteiger partial charge is 0.291 e. The lowest BCUT2D eigenvalue weighted by molar-refractivity contribution is 0.0950. The zero-order chi connectivity index (χ0) is 23.5. The number of para-hydroxylation sites is 1. The molecule has 1 aromatic heterocycles. The second kappa shape index (κ2) is 9.32. The Hall–Kier alpha value is -3.87. The molecule has 2 aromatic carbocycles. The topological polar surface area (TPSA) is 92.9 Å². The quantitative estimate of drug-likeness (QED) is 0.544. The van der Waals surface area contributed by atoms with Crippen LogP contribution >= 0.6 is 0 Å². The van der Waals surface area contributed by atoms with Crippen molar-refractivity contribution < 1.29 is 18.7 Å². The lowest BCUT2D eigenvalue weighted by atomic mass is 9.93. The molecule has 0 fully saturated rings. The minimum Gasteiger partial charge on any atom is -0.496 e. The molecule has 2 N–H and O–H groups in total. The van der Waals surface area contributed by atoms with Gasteiger partial charge in [0.2, 0.25) is 0 Å². The van der Waals surface area contributed by atoms with E-state index >= 15 is 0 Å². The molecule has 0 bridgehead atoms. The van der Waals surface area contributed by atoms with Crippen molar-refractivity contribution in [3.05, 3.63) is 81.8 Å². The van der Waals surface area contributed by atoms with E-state index in [4.69, 9.17) is 9.15 Å². The van der Waals surface area contributed by atoms with E-state index in [9.17, 15) is 9.59 Å². The average Bonchev–Trinajstić information content (AvgIpc) is 3.16. The Balaban J connectivity index is 1.58. The molecule has 7 nitrogen and oxygen atoms in total. The number of rotatable bonds is 5. The van der Waals surface area contributed by atoms with Crippen molar-refractivity contribution in [2.75, 3.05) is 12.4 Å². The Morgan fingerprint density at radius 3 is 2.58 bits per heavy atom. The Bertz CT molecular complexity index is 1260. The molecule has 0 atom stereocenters. The van der Waals surface area contributed by atoms with Crippen molar-refractivity contribution in [3.63, 3.8) is 0 Å². The largest absolute Gasteiger partial charge is 0.496 e. The molecule has 0 radical (unpaired) electrons. The third-order valence-corrected chi connectivity index (χ3v) is 5.81. The summed E-state index contributed by atoms with van der Waals surface area (Å²) in [6.45, 7) is 5.82. The summed E-state index contributed by atoms with van der Waals surface area (Å²) in [7, 11) is 1.52. The molecule has 1 aliphatic carbocycles. The van der Waals surface area contributed by atoms with E-state index in [1.54, 1.807) is 24.3 Å². The summed E-state index contributed by atoms with van der Waals surface area (Å²) in [5.41, 5.74) is 8.11. The number of hydrazone groups is 1. The van der Waals surface area contributed by atoms with Crippen molar-refractivity contribution in [3.8, 4) is 5.75 Å². The van der Waals surface area contributed by atoms with Gasteiger partial charge in [0.25, 0.3) is 11.8 Å². The highest BCUT2D eigenvalue weighted by atomic mass is 16.5. The van der Waals surface area contributed by atoms with Crippen LogP contribution in [0.15, 0.2) is 52.0 Å². The van der Waals surface area contributed by atoms with Gasteiger partial charge in [-0.25, -0.2) is 5.43 Å². The van der Waals surface area contributed by atoms with Crippen LogP contribution in [0.5, 0.6) is 5.75 Å². The molecular formula is C26H27N3O4. The van der Waals surface area contributed by atoms with Crippen molar-refractivity contribution in [2.24, 2.45) is 5.10 Å². The number of hydrogen-bond acceptors (Lipinski definition) is 5. The van der Waals surface area contributed by atoms with E-state index in [-0.39, 0.29) is 17.6 Å². The molecule has 1 heterocycles. The number of carbonyl (C=O) groups excluding carboxylic acids is 2. The number of ether oxygens (including phenoxy) is 1. The van der Waals surface area contributed by atoms with E-state index in [1.165, 1.54) is 7.11 Å². The monoisotopic (exact) mass is 445 g/mol. The van der Waals surface area contributed by atoms with Crippen LogP contribution in [0, 0.1) is 20.8 Å². The molecule has 0 saturated heterocycles. The number of aryl methyl sites for hydroxylation is 3. The molecule has 7 heteroatoms. The lowest BCUT2D eigenvalue weighted by Crippen LogP contribution is -2.22. The van der Waals surface area contributed by atoms with Crippen LogP contribution in [0.1, 0.15) is 61.8 Å². The molecule has 3 aromatic rings. The minimum absolute atomic E-state index is 0.269. The minimum atomic E-state index is -0.360. The van der Waals surface area contributed by atoms with Gasteiger partial charge in [-0.1, -0.05) is 29.8 Å². The number of carbonyl (C=O) groups is 2. The third kappa shape index (κ3) is 4.53. The molecular weight excluding hydrogens is 418 g/mol. The maximum atomic E-state index is 13.0. The second-order valence-electron chi connectivity index (χ2n) is 8.18. The number of nitrogens with one attached hydrogen (secondary N) is 2. The SMILES string of the molecule is COc1ccccc1C(=O)N/N=C1\CCCc2oc(C(=O)Nc3ccc(C)cc3C)c(C)c21. The van der Waals surface area contributed by atoms with Crippen LogP contribution in [-0.4, -0.2) is 24.6 Å². The summed E-state index contributed by atoms with van der Waals surface area (Å²) in [5, 5.41) is 7.33. The molecule has 0 saturated carbocycles. The van der Waals surface area contributed by atoms with Crippen LogP contribution in [0.3, 0.4) is 0 Å². The Morgan fingerprint density at radius 2 is 1.82 bits per heavy atom. The molecule has 4 rings (SSSR count). The van der Waals surface area contributed by atoms with Gasteiger partial charge in [0.1, 0.15) is 11.5 Å². The first-order chi connectivity index (χ1) is 15.9. The van der Waals surface area contributed by atoms with Crippen LogP contribution in [0.2, 0.25) is 0 Å². The van der Waals surface area contributed by atoms with E-state index in [1.807, 2.05) is 39.0 Å². The summed E-state index contributed by atoms with van der Waals surface area (Å²) in [5.74, 6) is 0.803. The average molecular weight is 446 g/mol. The van der Waals surface area contributed by atoms with Crippen molar-refractivity contribution in [1.82, 2.24) is 5.43 Å². The predicted octanol–water partition coefficient (Wildman–Crippen LogP) is 4.94. The van der Waals surface area contributed by atoms with Crippen LogP contribution in [0.4, 0.5) is 5.69 Å². The summed E-state index contributed by atoms with van der Waals surface area (Å²) >= 11 is 0. The zero-order valence-corrected chi connectivity index (χ0v) is 19.2. The number of hydrogen-bond donors (Lipinski definition) is 2. The van der Waals surface area contributed by atoms with Crippen molar-refractivity contribution in [1.29, 1.82) is 0 Å². The predicted molar refractivity (Wildman–Crippen MR) is 127 cm³/mol. The van der Waals surface area contributed by atoms with Crippen molar-refractivity contribution in [2.45, 2.75) is 40.0 Å². The highest BCUT2D eigenvalue weighted by molar-refractivity contribution is 6.09. The highest BCUT2D eigenvalue weighted by Crippen LogP contribution is 2.30. The number of amides is 2. The molecule has 33 heavy (non-hydrogen) atoms. The first-order valence-corrected chi connectivity index (χ1v) is 10.9. The maximum Gasteiger partial charge on any atom is 0.291 e. The summed E-state index contributed by atoms with van der Waals surface area (Å²) in [6.07, 6.45) is 2.21.